The molecule has 0 saturated heterocycles. The minimum Gasteiger partial charge on any atom is -0.325 e. The molecule has 1 unspecified atom stereocenters. The lowest BCUT2D eigenvalue weighted by Crippen LogP contribution is -2.53. The van der Waals surface area contributed by atoms with Gasteiger partial charge in [0, 0.05) is 31.6 Å². The average Bonchev–Trinajstić information content (AvgIpc) is 3.19. The summed E-state index contributed by atoms with van der Waals surface area (Å²) in [6.07, 6.45) is 1.34. The number of carbonyl (C=O) groups excluding carboxylic acids is 1. The zero-order valence-corrected chi connectivity index (χ0v) is 17.3. The summed E-state index contributed by atoms with van der Waals surface area (Å²) < 4.78 is 55.4. The van der Waals surface area contributed by atoms with Gasteiger partial charge in [-0.3, -0.25) is 14.8 Å². The number of fused-ring (bicyclic) bond motifs is 1. The molecule has 0 saturated carbocycles. The second-order valence-electron chi connectivity index (χ2n) is 7.30. The minimum atomic E-state index is -1.57. The summed E-state index contributed by atoms with van der Waals surface area (Å²) in [5, 5.41) is 3.00. The molecule has 7 nitrogen and oxygen atoms in total. The lowest BCUT2D eigenvalue weighted by Gasteiger charge is -2.35. The standard InChI is InChI=1S/C21H18F4N6O/c1-10-4-13(22)12(8-26-2)7-16(10)28-19-29-21(32)30(3)20-27-9-17(31(19)20)11-5-14(23)18(25)15(24)6-11/h4-8,17H,9H2,1-3H3,(H,28,29,32)/b26-8+. The van der Waals surface area contributed by atoms with Crippen molar-refractivity contribution in [1.29, 1.82) is 0 Å². The molecule has 0 aromatic heterocycles. The maximum Gasteiger partial charge on any atom is 0.353 e. The summed E-state index contributed by atoms with van der Waals surface area (Å²) in [6.45, 7) is 1.71. The highest BCUT2D eigenvalue weighted by Gasteiger charge is 2.41. The van der Waals surface area contributed by atoms with Crippen LogP contribution < -0.4 is 5.32 Å². The number of rotatable bonds is 3. The summed E-state index contributed by atoms with van der Waals surface area (Å²) >= 11 is 0. The van der Waals surface area contributed by atoms with Gasteiger partial charge in [0.1, 0.15) is 5.82 Å². The van der Waals surface area contributed by atoms with Crippen LogP contribution in [0.5, 0.6) is 0 Å². The first kappa shape index (κ1) is 21.5. The predicted octanol–water partition coefficient (Wildman–Crippen LogP) is 3.85. The zero-order chi connectivity index (χ0) is 23.2. The van der Waals surface area contributed by atoms with E-state index < -0.39 is 35.3 Å². The Labute approximate surface area is 180 Å². The lowest BCUT2D eigenvalue weighted by atomic mass is 10.1. The third kappa shape index (κ3) is 3.59. The summed E-state index contributed by atoms with van der Waals surface area (Å²) in [6, 6.07) is 3.20. The predicted molar refractivity (Wildman–Crippen MR) is 112 cm³/mol. The molecule has 0 spiro atoms. The van der Waals surface area contributed by atoms with E-state index in [1.54, 1.807) is 6.92 Å². The minimum absolute atomic E-state index is 0.0357. The van der Waals surface area contributed by atoms with Gasteiger partial charge in [0.2, 0.25) is 11.9 Å². The van der Waals surface area contributed by atoms with Crippen molar-refractivity contribution in [3.05, 3.63) is 64.2 Å². The van der Waals surface area contributed by atoms with Gasteiger partial charge in [-0.15, -0.1) is 0 Å². The Morgan fingerprint density at radius 1 is 1.12 bits per heavy atom. The van der Waals surface area contributed by atoms with Crippen molar-refractivity contribution >= 4 is 29.9 Å². The van der Waals surface area contributed by atoms with Crippen LogP contribution in [0, 0.1) is 30.2 Å². The fourth-order valence-corrected chi connectivity index (χ4v) is 3.57. The molecule has 11 heteroatoms. The van der Waals surface area contributed by atoms with Gasteiger partial charge >= 0.3 is 6.03 Å². The van der Waals surface area contributed by atoms with Gasteiger partial charge in [-0.05, 0) is 42.3 Å². The Kier molecular flexibility index (Phi) is 5.41. The normalized spacial score (nSPS) is 18.2. The molecule has 166 valence electrons. The molecule has 2 aliphatic rings. The third-order valence-corrected chi connectivity index (χ3v) is 5.20. The number of carbonyl (C=O) groups is 1. The Balaban J connectivity index is 1.76. The monoisotopic (exact) mass is 446 g/mol. The largest absolute Gasteiger partial charge is 0.353 e. The van der Waals surface area contributed by atoms with Crippen LogP contribution in [0.4, 0.5) is 28.0 Å². The van der Waals surface area contributed by atoms with E-state index in [0.717, 1.165) is 12.1 Å². The van der Waals surface area contributed by atoms with Crippen LogP contribution in [0.15, 0.2) is 39.2 Å². The second kappa shape index (κ2) is 8.06. The van der Waals surface area contributed by atoms with Crippen molar-refractivity contribution in [3.8, 4) is 0 Å². The van der Waals surface area contributed by atoms with E-state index in [9.17, 15) is 22.4 Å². The highest BCUT2D eigenvalue weighted by Crippen LogP contribution is 2.32. The number of hydrogen-bond acceptors (Lipinski definition) is 5. The number of anilines is 1. The molecule has 32 heavy (non-hydrogen) atoms. The summed E-state index contributed by atoms with van der Waals surface area (Å²) in [5.41, 5.74) is 1.30. The van der Waals surface area contributed by atoms with E-state index in [-0.39, 0.29) is 29.6 Å². The number of amides is 2. The van der Waals surface area contributed by atoms with Gasteiger partial charge in [-0.1, -0.05) is 0 Å². The van der Waals surface area contributed by atoms with Gasteiger partial charge in [0.25, 0.3) is 0 Å². The Hall–Kier alpha value is -3.76. The number of urea groups is 1. The summed E-state index contributed by atoms with van der Waals surface area (Å²) in [7, 11) is 2.96. The van der Waals surface area contributed by atoms with Crippen molar-refractivity contribution < 1.29 is 22.4 Å². The Morgan fingerprint density at radius 2 is 1.81 bits per heavy atom. The number of halogens is 4. The molecule has 0 radical (unpaired) electrons. The number of guanidine groups is 2. The zero-order valence-electron chi connectivity index (χ0n) is 17.3. The molecule has 1 N–H and O–H groups in total. The van der Waals surface area contributed by atoms with E-state index in [1.165, 1.54) is 42.2 Å². The molecule has 2 aliphatic heterocycles. The van der Waals surface area contributed by atoms with E-state index in [0.29, 0.717) is 11.3 Å². The van der Waals surface area contributed by atoms with E-state index in [2.05, 4.69) is 20.3 Å². The van der Waals surface area contributed by atoms with E-state index >= 15 is 0 Å². The second-order valence-corrected chi connectivity index (χ2v) is 7.30. The molecule has 0 bridgehead atoms. The molecule has 2 aromatic rings. The van der Waals surface area contributed by atoms with Gasteiger partial charge in [-0.2, -0.15) is 4.99 Å². The number of hydrogen-bond donors (Lipinski definition) is 1. The fourth-order valence-electron chi connectivity index (χ4n) is 3.57. The SMILES string of the molecule is C/N=C/c1cc(NC2=NC(=O)N(C)C3=NCC(c4cc(F)c(F)c(F)c4)N23)c(C)cc1F. The highest BCUT2D eigenvalue weighted by atomic mass is 19.2. The van der Waals surface area contributed by atoms with Crippen LogP contribution in [-0.4, -0.2) is 54.6 Å². The topological polar surface area (TPSA) is 72.7 Å². The molecule has 2 aromatic carbocycles. The average molecular weight is 446 g/mol. The van der Waals surface area contributed by atoms with Crippen LogP contribution in [0.1, 0.15) is 22.7 Å². The Bertz CT molecular complexity index is 1190. The number of nitrogens with zero attached hydrogens (tertiary/aromatic N) is 5. The maximum atomic E-state index is 14.2. The number of benzene rings is 2. The van der Waals surface area contributed by atoms with E-state index in [4.69, 9.17) is 0 Å². The number of aryl methyl sites for hydroxylation is 1. The molecule has 4 rings (SSSR count). The van der Waals surface area contributed by atoms with Crippen molar-refractivity contribution in [2.24, 2.45) is 15.0 Å². The first-order valence-electron chi connectivity index (χ1n) is 9.55. The number of nitrogens with one attached hydrogen (secondary N) is 1. The van der Waals surface area contributed by atoms with Gasteiger partial charge in [-0.25, -0.2) is 27.3 Å². The quantitative estimate of drug-likeness (QED) is 0.442. The molecule has 0 aliphatic carbocycles. The Morgan fingerprint density at radius 3 is 2.47 bits per heavy atom. The van der Waals surface area contributed by atoms with E-state index in [1.807, 2.05) is 0 Å². The summed E-state index contributed by atoms with van der Waals surface area (Å²) in [5.74, 6) is -4.47. The first-order chi connectivity index (χ1) is 15.2. The van der Waals surface area contributed by atoms with Gasteiger partial charge in [0.15, 0.2) is 17.5 Å². The van der Waals surface area contributed by atoms with Crippen LogP contribution in [0.3, 0.4) is 0 Å². The molecular weight excluding hydrogens is 428 g/mol. The van der Waals surface area contributed by atoms with Crippen LogP contribution >= 0.6 is 0 Å². The smallest absolute Gasteiger partial charge is 0.325 e. The maximum absolute atomic E-state index is 14.2. The first-order valence-corrected chi connectivity index (χ1v) is 9.55. The van der Waals surface area contributed by atoms with Crippen molar-refractivity contribution in [2.45, 2.75) is 13.0 Å². The fraction of sp³-hybridized carbons (Fsp3) is 0.238. The van der Waals surface area contributed by atoms with Crippen molar-refractivity contribution in [3.63, 3.8) is 0 Å². The molecule has 2 amide bonds. The third-order valence-electron chi connectivity index (χ3n) is 5.20. The van der Waals surface area contributed by atoms with Crippen LogP contribution in [-0.2, 0) is 0 Å². The van der Waals surface area contributed by atoms with Gasteiger partial charge in [0.05, 0.1) is 12.6 Å². The molecule has 1 atom stereocenters. The van der Waals surface area contributed by atoms with Crippen LogP contribution in [0.2, 0.25) is 0 Å². The van der Waals surface area contributed by atoms with Gasteiger partial charge < -0.3 is 5.32 Å². The highest BCUT2D eigenvalue weighted by molar-refractivity contribution is 6.17. The molecular formula is C21H18F4N6O. The molecule has 0 fully saturated rings. The van der Waals surface area contributed by atoms with Crippen LogP contribution in [0.25, 0.3) is 0 Å². The lowest BCUT2D eigenvalue weighted by molar-refractivity contribution is 0.230. The molecule has 2 heterocycles. The van der Waals surface area contributed by atoms with Crippen molar-refractivity contribution in [2.75, 3.05) is 26.0 Å². The summed E-state index contributed by atoms with van der Waals surface area (Å²) in [4.78, 5) is 27.2. The van der Waals surface area contributed by atoms with Crippen molar-refractivity contribution in [1.82, 2.24) is 9.80 Å². The number of aliphatic imine (C=N–C) groups is 3.